The molecule has 0 fully saturated rings. The molecule has 0 spiro atoms. The van der Waals surface area contributed by atoms with E-state index < -0.39 is 10.8 Å². The van der Waals surface area contributed by atoms with Gasteiger partial charge in [-0.25, -0.2) is 5.43 Å². The van der Waals surface area contributed by atoms with Crippen LogP contribution in [-0.2, 0) is 0 Å². The van der Waals surface area contributed by atoms with Crippen molar-refractivity contribution in [3.63, 3.8) is 0 Å². The van der Waals surface area contributed by atoms with E-state index in [0.717, 1.165) is 0 Å². The van der Waals surface area contributed by atoms with Crippen molar-refractivity contribution >= 4 is 56.3 Å². The van der Waals surface area contributed by atoms with Crippen LogP contribution in [0.25, 0.3) is 11.0 Å². The van der Waals surface area contributed by atoms with E-state index in [2.05, 4.69) is 33.0 Å². The predicted molar refractivity (Wildman–Crippen MR) is 113 cm³/mol. The van der Waals surface area contributed by atoms with Crippen molar-refractivity contribution in [3.8, 4) is 5.75 Å². The summed E-state index contributed by atoms with van der Waals surface area (Å²) in [7, 11) is 0. The van der Waals surface area contributed by atoms with Crippen molar-refractivity contribution in [3.05, 3.63) is 80.0 Å². The van der Waals surface area contributed by atoms with Crippen LogP contribution in [-0.4, -0.2) is 23.7 Å². The number of fused-ring (bicyclic) bond motifs is 1. The summed E-state index contributed by atoms with van der Waals surface area (Å²) in [6.07, 6.45) is 3.00. The highest BCUT2D eigenvalue weighted by molar-refractivity contribution is 9.10. The fraction of sp³-hybridized carbons (Fsp3) is 0.0526. The van der Waals surface area contributed by atoms with E-state index in [0.29, 0.717) is 38.4 Å². The molecule has 8 nitrogen and oxygen atoms in total. The number of carbonyl (C=O) groups is 1. The zero-order chi connectivity index (χ0) is 21.0. The molecule has 10 heteroatoms. The zero-order valence-corrected chi connectivity index (χ0v) is 17.1. The van der Waals surface area contributed by atoms with Crippen molar-refractivity contribution in [2.45, 2.75) is 0 Å². The number of nitro benzene ring substituents is 1. The minimum atomic E-state index is -0.601. The summed E-state index contributed by atoms with van der Waals surface area (Å²) < 4.78 is 11.5. The van der Waals surface area contributed by atoms with Crippen LogP contribution < -0.4 is 10.2 Å². The molecule has 0 saturated carbocycles. The lowest BCUT2D eigenvalue weighted by Crippen LogP contribution is -2.16. The molecule has 0 aliphatic rings. The van der Waals surface area contributed by atoms with Gasteiger partial charge in [0.15, 0.2) is 11.5 Å². The number of rotatable bonds is 7. The molecular formula is C19H13BrClN3O5. The van der Waals surface area contributed by atoms with Crippen LogP contribution in [0.5, 0.6) is 5.75 Å². The van der Waals surface area contributed by atoms with E-state index in [9.17, 15) is 14.9 Å². The number of ether oxygens (including phenoxy) is 1. The van der Waals surface area contributed by atoms with Gasteiger partial charge in [0.05, 0.1) is 20.6 Å². The van der Waals surface area contributed by atoms with Crippen LogP contribution >= 0.6 is 27.5 Å². The topological polar surface area (TPSA) is 107 Å². The number of nitrogens with one attached hydrogen (secondary N) is 1. The van der Waals surface area contributed by atoms with E-state index >= 15 is 0 Å². The average Bonchev–Trinajstić information content (AvgIpc) is 3.10. The largest absolute Gasteiger partial charge is 0.487 e. The highest BCUT2D eigenvalue weighted by Crippen LogP contribution is 2.34. The summed E-state index contributed by atoms with van der Waals surface area (Å²) in [6.45, 7) is 3.89. The van der Waals surface area contributed by atoms with Crippen molar-refractivity contribution in [1.82, 2.24) is 5.43 Å². The number of hydrogen-bond acceptors (Lipinski definition) is 6. The van der Waals surface area contributed by atoms with Crippen molar-refractivity contribution in [2.24, 2.45) is 5.10 Å². The van der Waals surface area contributed by atoms with Crippen molar-refractivity contribution < 1.29 is 18.9 Å². The van der Waals surface area contributed by atoms with Gasteiger partial charge in [0.2, 0.25) is 0 Å². The average molecular weight is 479 g/mol. The molecule has 1 heterocycles. The maximum absolute atomic E-state index is 12.2. The Kier molecular flexibility index (Phi) is 6.30. The number of nitro groups is 1. The van der Waals surface area contributed by atoms with Gasteiger partial charge < -0.3 is 9.15 Å². The monoisotopic (exact) mass is 477 g/mol. The molecule has 0 bridgehead atoms. The van der Waals surface area contributed by atoms with Gasteiger partial charge in [-0.2, -0.15) is 5.10 Å². The Morgan fingerprint density at radius 2 is 2.17 bits per heavy atom. The molecule has 0 aliphatic heterocycles. The van der Waals surface area contributed by atoms with Gasteiger partial charge in [-0.1, -0.05) is 24.3 Å². The molecule has 1 N–H and O–H groups in total. The Hall–Kier alpha value is -3.17. The van der Waals surface area contributed by atoms with E-state index in [4.69, 9.17) is 20.8 Å². The summed E-state index contributed by atoms with van der Waals surface area (Å²) in [5, 5.41) is 15.5. The van der Waals surface area contributed by atoms with Gasteiger partial charge in [-0.15, -0.1) is 0 Å². The van der Waals surface area contributed by atoms with Crippen LogP contribution in [0.2, 0.25) is 5.02 Å². The molecule has 0 saturated heterocycles. The smallest absolute Gasteiger partial charge is 0.307 e. The third kappa shape index (κ3) is 4.82. The fourth-order valence-electron chi connectivity index (χ4n) is 2.41. The maximum Gasteiger partial charge on any atom is 0.307 e. The Bertz CT molecular complexity index is 1120. The first-order valence-corrected chi connectivity index (χ1v) is 9.30. The molecule has 2 aromatic carbocycles. The molecule has 29 heavy (non-hydrogen) atoms. The third-order valence-corrected chi connectivity index (χ3v) is 4.55. The van der Waals surface area contributed by atoms with Crippen LogP contribution in [0.15, 0.2) is 63.0 Å². The highest BCUT2D eigenvalue weighted by atomic mass is 79.9. The number of furan rings is 1. The van der Waals surface area contributed by atoms with Crippen molar-refractivity contribution in [2.75, 3.05) is 6.61 Å². The number of halogens is 2. The first kappa shape index (κ1) is 20.6. The lowest BCUT2D eigenvalue weighted by molar-refractivity contribution is -0.384. The zero-order valence-electron chi connectivity index (χ0n) is 14.7. The van der Waals surface area contributed by atoms with E-state index in [1.54, 1.807) is 18.2 Å². The first-order valence-electron chi connectivity index (χ1n) is 8.13. The lowest BCUT2D eigenvalue weighted by Gasteiger charge is -2.09. The minimum absolute atomic E-state index is 0.0231. The second-order valence-corrected chi connectivity index (χ2v) is 6.96. The van der Waals surface area contributed by atoms with Crippen LogP contribution in [0.1, 0.15) is 16.1 Å². The van der Waals surface area contributed by atoms with Crippen LogP contribution in [0, 0.1) is 10.1 Å². The molecule has 0 atom stereocenters. The Balaban J connectivity index is 1.71. The molecule has 148 valence electrons. The number of amides is 1. The number of hydrogen-bond donors (Lipinski definition) is 1. The maximum atomic E-state index is 12.2. The summed E-state index contributed by atoms with van der Waals surface area (Å²) in [5.41, 5.74) is 3.22. The third-order valence-electron chi connectivity index (χ3n) is 3.68. The summed E-state index contributed by atoms with van der Waals surface area (Å²) in [5.74, 6) is -0.148. The minimum Gasteiger partial charge on any atom is -0.487 e. The normalized spacial score (nSPS) is 11.0. The van der Waals surface area contributed by atoms with Gasteiger partial charge in [0.25, 0.3) is 5.69 Å². The second kappa shape index (κ2) is 8.89. The highest BCUT2D eigenvalue weighted by Gasteiger charge is 2.14. The Morgan fingerprint density at radius 3 is 2.86 bits per heavy atom. The van der Waals surface area contributed by atoms with Gasteiger partial charge in [0.1, 0.15) is 12.2 Å². The second-order valence-electron chi connectivity index (χ2n) is 5.70. The van der Waals surface area contributed by atoms with Crippen LogP contribution in [0.4, 0.5) is 5.69 Å². The van der Waals surface area contributed by atoms with E-state index in [-0.39, 0.29) is 11.4 Å². The lowest BCUT2D eigenvalue weighted by atomic mass is 10.2. The summed E-state index contributed by atoms with van der Waals surface area (Å²) in [4.78, 5) is 22.5. The number of nitrogens with zero attached hydrogens (tertiary/aromatic N) is 2. The predicted octanol–water partition coefficient (Wildman–Crippen LogP) is 5.09. The summed E-state index contributed by atoms with van der Waals surface area (Å²) >= 11 is 9.55. The van der Waals surface area contributed by atoms with Gasteiger partial charge in [-0.05, 0) is 45.8 Å². The van der Waals surface area contributed by atoms with E-state index in [1.165, 1.54) is 30.5 Å². The molecule has 1 aromatic heterocycles. The van der Waals surface area contributed by atoms with E-state index in [1.807, 2.05) is 0 Å². The SMILES string of the molecule is C=CCOc1c(Cl)cc(/C=N/NC(=O)c2cc3cc([N+](=O)[O-])ccc3o2)cc1Br. The number of hydrazone groups is 1. The first-order chi connectivity index (χ1) is 13.9. The Morgan fingerprint density at radius 1 is 1.38 bits per heavy atom. The molecule has 0 radical (unpaired) electrons. The quantitative estimate of drug-likeness (QED) is 0.220. The Labute approximate surface area is 178 Å². The van der Waals surface area contributed by atoms with Crippen LogP contribution in [0.3, 0.4) is 0 Å². The standard InChI is InChI=1S/C19H13BrClN3O5/c1-2-5-28-18-14(20)6-11(7-15(18)21)10-22-23-19(25)17-9-12-8-13(24(26)27)3-4-16(12)29-17/h2-4,6-10H,1,5H2,(H,23,25)/b22-10+. The molecule has 3 aromatic rings. The molecule has 3 rings (SSSR count). The molecule has 0 aliphatic carbocycles. The van der Waals surface area contributed by atoms with Crippen molar-refractivity contribution in [1.29, 1.82) is 0 Å². The number of carbonyl (C=O) groups excluding carboxylic acids is 1. The van der Waals surface area contributed by atoms with Gasteiger partial charge in [0, 0.05) is 17.5 Å². The molecule has 0 unspecified atom stereocenters. The van der Waals surface area contributed by atoms with Gasteiger partial charge in [-0.3, -0.25) is 14.9 Å². The van der Waals surface area contributed by atoms with Gasteiger partial charge >= 0.3 is 5.91 Å². The molecular weight excluding hydrogens is 466 g/mol. The number of benzene rings is 2. The fourth-order valence-corrected chi connectivity index (χ4v) is 3.40. The molecule has 1 amide bonds. The summed E-state index contributed by atoms with van der Waals surface area (Å²) in [6, 6.07) is 8.82. The number of non-ortho nitro benzene ring substituents is 1.